The highest BCUT2D eigenvalue weighted by Gasteiger charge is 2.29. The maximum absolute atomic E-state index is 12.2. The number of nitrogens with zero attached hydrogens (tertiary/aromatic N) is 1. The van der Waals surface area contributed by atoms with E-state index in [4.69, 9.17) is 18.5 Å². The van der Waals surface area contributed by atoms with Crippen molar-refractivity contribution in [1.82, 2.24) is 0 Å². The van der Waals surface area contributed by atoms with Gasteiger partial charge >= 0.3 is 7.82 Å². The summed E-state index contributed by atoms with van der Waals surface area (Å²) >= 11 is 0. The topological polar surface area (TPSA) is 104 Å². The van der Waals surface area contributed by atoms with E-state index in [1.807, 2.05) is 0 Å². The molecule has 1 saturated heterocycles. The molecule has 0 saturated carbocycles. The molecule has 0 spiro atoms. The Morgan fingerprint density at radius 1 is 0.737 bits per heavy atom. The van der Waals surface area contributed by atoms with Crippen molar-refractivity contribution < 1.29 is 37.9 Å². The lowest BCUT2D eigenvalue weighted by Gasteiger charge is -2.29. The van der Waals surface area contributed by atoms with E-state index in [1.165, 1.54) is 109 Å². The summed E-state index contributed by atoms with van der Waals surface area (Å²) in [5.41, 5.74) is 0. The van der Waals surface area contributed by atoms with Gasteiger partial charge in [-0.2, -0.15) is 0 Å². The van der Waals surface area contributed by atoms with Crippen LogP contribution in [0.1, 0.15) is 122 Å². The van der Waals surface area contributed by atoms with Crippen molar-refractivity contribution in [2.45, 2.75) is 129 Å². The minimum absolute atomic E-state index is 0. The third-order valence-corrected chi connectivity index (χ3v) is 8.72. The Labute approximate surface area is 234 Å². The van der Waals surface area contributed by atoms with Crippen molar-refractivity contribution in [3.8, 4) is 0 Å². The first-order valence-corrected chi connectivity index (χ1v) is 17.0. The molecule has 2 unspecified atom stereocenters. The summed E-state index contributed by atoms with van der Waals surface area (Å²) in [6.07, 6.45) is 23.7. The number of phosphoric acid groups is 1. The highest BCUT2D eigenvalue weighted by molar-refractivity contribution is 7.47. The van der Waals surface area contributed by atoms with Crippen molar-refractivity contribution in [1.29, 1.82) is 0 Å². The van der Waals surface area contributed by atoms with E-state index in [-0.39, 0.29) is 24.8 Å². The normalized spacial score (nSPS) is 17.3. The van der Waals surface area contributed by atoms with Gasteiger partial charge in [-0.3, -0.25) is 9.05 Å². The lowest BCUT2D eigenvalue weighted by molar-refractivity contribution is -0.897. The molecule has 0 radical (unpaired) electrons. The van der Waals surface area contributed by atoms with Crippen LogP contribution in [0.4, 0.5) is 0 Å². The second-order valence-electron chi connectivity index (χ2n) is 11.3. The van der Waals surface area contributed by atoms with E-state index in [9.17, 15) is 9.46 Å². The summed E-state index contributed by atoms with van der Waals surface area (Å²) < 4.78 is 34.4. The van der Waals surface area contributed by atoms with Crippen LogP contribution in [0.3, 0.4) is 0 Å². The quantitative estimate of drug-likeness (QED) is 0.0623. The van der Waals surface area contributed by atoms with Crippen LogP contribution < -0.4 is 0 Å². The molecule has 9 heteroatoms. The number of likely N-dealkylation sites (N-methyl/N-ethyl adjacent to an activating group) is 1. The van der Waals surface area contributed by atoms with E-state index >= 15 is 0 Å². The number of ether oxygens (including phenoxy) is 2. The Kier molecular flexibility index (Phi) is 24.7. The third-order valence-electron chi connectivity index (χ3n) is 7.73. The summed E-state index contributed by atoms with van der Waals surface area (Å²) in [7, 11) is -0.343. The van der Waals surface area contributed by atoms with Crippen LogP contribution >= 0.6 is 7.82 Å². The molecule has 0 aromatic carbocycles. The fraction of sp³-hybridized carbons (Fsp3) is 1.00. The van der Waals surface area contributed by atoms with Gasteiger partial charge in [0.05, 0.1) is 33.4 Å². The highest BCUT2D eigenvalue weighted by Crippen LogP contribution is 2.43. The summed E-state index contributed by atoms with van der Waals surface area (Å²) in [4.78, 5) is 9.95. The van der Waals surface area contributed by atoms with Gasteiger partial charge in [-0.25, -0.2) is 4.57 Å². The molecule has 0 bridgehead atoms. The second kappa shape index (κ2) is 24.7. The molecule has 2 atom stereocenters. The monoisotopic (exact) mass is 567 g/mol. The van der Waals surface area contributed by atoms with Crippen molar-refractivity contribution in [3.63, 3.8) is 0 Å². The molecule has 230 valence electrons. The number of phosphoric ester groups is 1. The van der Waals surface area contributed by atoms with E-state index in [2.05, 4.69) is 14.0 Å². The minimum Gasteiger partial charge on any atom is -0.870 e. The highest BCUT2D eigenvalue weighted by atomic mass is 31.2. The third kappa shape index (κ3) is 21.7. The summed E-state index contributed by atoms with van der Waals surface area (Å²) in [6.45, 7) is 6.44. The predicted molar refractivity (Wildman–Crippen MR) is 155 cm³/mol. The van der Waals surface area contributed by atoms with Gasteiger partial charge in [-0.05, 0) is 6.42 Å². The SMILES string of the molecule is CCCCCCCCCCCCCCCCCCOCC(COP(=O)(O)OCC[N+]1(C)CCCC1)OC.[OH-]. The molecule has 2 N–H and O–H groups in total. The van der Waals surface area contributed by atoms with Crippen LogP contribution in [0.5, 0.6) is 0 Å². The first kappa shape index (κ1) is 38.0. The van der Waals surface area contributed by atoms with Crippen LogP contribution in [-0.2, 0) is 23.1 Å². The predicted octanol–water partition coefficient (Wildman–Crippen LogP) is 7.48. The molecule has 0 aromatic rings. The van der Waals surface area contributed by atoms with Gasteiger partial charge in [0.1, 0.15) is 19.3 Å². The first-order chi connectivity index (χ1) is 17.9. The number of rotatable bonds is 27. The van der Waals surface area contributed by atoms with Gasteiger partial charge < -0.3 is 24.3 Å². The number of methoxy groups -OCH3 is 1. The first-order valence-electron chi connectivity index (χ1n) is 15.5. The molecular formula is C29H62NO7P. The number of quaternary nitrogens is 1. The van der Waals surface area contributed by atoms with Gasteiger partial charge in [-0.15, -0.1) is 0 Å². The van der Waals surface area contributed by atoms with E-state index < -0.39 is 7.82 Å². The molecule has 38 heavy (non-hydrogen) atoms. The van der Waals surface area contributed by atoms with Gasteiger partial charge in [0.25, 0.3) is 0 Å². The van der Waals surface area contributed by atoms with E-state index in [0.29, 0.717) is 13.2 Å². The molecule has 1 aliphatic heterocycles. The van der Waals surface area contributed by atoms with Gasteiger partial charge in [0, 0.05) is 26.6 Å². The summed E-state index contributed by atoms with van der Waals surface area (Å²) in [6, 6.07) is 0. The Morgan fingerprint density at radius 2 is 1.21 bits per heavy atom. The second-order valence-corrected chi connectivity index (χ2v) is 12.8. The molecular weight excluding hydrogens is 505 g/mol. The van der Waals surface area contributed by atoms with E-state index in [1.54, 1.807) is 7.11 Å². The van der Waals surface area contributed by atoms with Crippen LogP contribution in [-0.4, -0.2) is 81.2 Å². The van der Waals surface area contributed by atoms with Crippen LogP contribution in [0.25, 0.3) is 0 Å². The smallest absolute Gasteiger partial charge is 0.472 e. The minimum atomic E-state index is -4.07. The fourth-order valence-electron chi connectivity index (χ4n) is 5.06. The summed E-state index contributed by atoms with van der Waals surface area (Å²) in [5, 5.41) is 0. The molecule has 0 aliphatic carbocycles. The lowest BCUT2D eigenvalue weighted by Crippen LogP contribution is -2.43. The van der Waals surface area contributed by atoms with Crippen LogP contribution in [0.2, 0.25) is 0 Å². The van der Waals surface area contributed by atoms with Crippen LogP contribution in [0, 0.1) is 0 Å². The molecule has 1 fully saturated rings. The largest absolute Gasteiger partial charge is 0.870 e. The molecule has 8 nitrogen and oxygen atoms in total. The zero-order chi connectivity index (χ0) is 27.1. The number of hydrogen-bond acceptors (Lipinski definition) is 6. The maximum Gasteiger partial charge on any atom is 0.472 e. The zero-order valence-electron chi connectivity index (χ0n) is 25.1. The van der Waals surface area contributed by atoms with Crippen molar-refractivity contribution in [2.75, 3.05) is 60.2 Å². The van der Waals surface area contributed by atoms with Crippen LogP contribution in [0.15, 0.2) is 0 Å². The average Bonchev–Trinajstić information content (AvgIpc) is 3.31. The molecule has 1 heterocycles. The average molecular weight is 568 g/mol. The Balaban J connectivity index is 0.0000137. The van der Waals surface area contributed by atoms with Crippen molar-refractivity contribution >= 4 is 7.82 Å². The van der Waals surface area contributed by atoms with Gasteiger partial charge in [0.15, 0.2) is 0 Å². The van der Waals surface area contributed by atoms with Gasteiger partial charge in [0.2, 0.25) is 0 Å². The molecule has 1 rings (SSSR count). The van der Waals surface area contributed by atoms with E-state index in [0.717, 1.165) is 30.5 Å². The summed E-state index contributed by atoms with van der Waals surface area (Å²) in [5.74, 6) is 0. The van der Waals surface area contributed by atoms with Crippen molar-refractivity contribution in [2.24, 2.45) is 0 Å². The molecule has 0 aromatic heterocycles. The number of hydrogen-bond donors (Lipinski definition) is 1. The number of likely N-dealkylation sites (tertiary alicyclic amines) is 1. The maximum atomic E-state index is 12.2. The molecule has 0 amide bonds. The fourth-order valence-corrected chi connectivity index (χ4v) is 5.81. The van der Waals surface area contributed by atoms with Gasteiger partial charge in [-0.1, -0.05) is 103 Å². The Bertz CT molecular complexity index is 561. The lowest BCUT2D eigenvalue weighted by atomic mass is 10.0. The Hall–Kier alpha value is -0.0500. The number of unbranched alkanes of at least 4 members (excludes halogenated alkanes) is 15. The zero-order valence-corrected chi connectivity index (χ0v) is 26.0. The van der Waals surface area contributed by atoms with Crippen molar-refractivity contribution in [3.05, 3.63) is 0 Å². The Morgan fingerprint density at radius 3 is 1.68 bits per heavy atom. The molecule has 1 aliphatic rings. The standard InChI is InChI=1S/C29H60NO6P.H2O/c1-4-5-6-7-8-9-10-11-12-13-14-15-16-17-18-21-25-34-27-29(33-3)28-36-37(31,32)35-26-24-30(2)22-19-20-23-30;/h29H,4-28H2,1-3H3;1H2.